The minimum absolute atomic E-state index is 0.161. The summed E-state index contributed by atoms with van der Waals surface area (Å²) in [6.45, 7) is 1.03. The summed E-state index contributed by atoms with van der Waals surface area (Å²) in [5.74, 6) is -0.428. The van der Waals surface area contributed by atoms with E-state index in [4.69, 9.17) is 0 Å². The second-order valence-electron chi connectivity index (χ2n) is 7.01. The summed E-state index contributed by atoms with van der Waals surface area (Å²) in [5, 5.41) is 3.01. The van der Waals surface area contributed by atoms with E-state index >= 15 is 0 Å². The number of sulfone groups is 1. The highest BCUT2D eigenvalue weighted by atomic mass is 32.2. The number of carbonyl (C=O) groups is 1. The molecule has 0 spiro atoms. The molecule has 0 aliphatic carbocycles. The predicted molar refractivity (Wildman–Crippen MR) is 115 cm³/mol. The Balaban J connectivity index is 1.52. The molecule has 0 atom stereocenters. The molecule has 1 aromatic heterocycles. The maximum Gasteiger partial charge on any atom is 0.257 e. The van der Waals surface area contributed by atoms with Crippen LogP contribution >= 0.6 is 11.3 Å². The zero-order valence-electron chi connectivity index (χ0n) is 16.0. The number of carbonyl (C=O) groups excluding carboxylic acids is 1. The standard InChI is InChI=1S/C19H19N3O5S3/c1-29(24,25)15-8-9-16-17(12-15)28-19(20-16)21-18(23)13-4-6-14(7-5-13)30(26,27)22-10-2-3-11-22/h4-9,12H,2-3,10-11H2,1H3,(H,20,21,23). The van der Waals surface area contributed by atoms with Crippen molar-refractivity contribution in [2.45, 2.75) is 22.6 Å². The van der Waals surface area contributed by atoms with Gasteiger partial charge in [0.15, 0.2) is 15.0 Å². The lowest BCUT2D eigenvalue weighted by Crippen LogP contribution is -2.27. The van der Waals surface area contributed by atoms with Crippen LogP contribution in [0.3, 0.4) is 0 Å². The van der Waals surface area contributed by atoms with Crippen molar-refractivity contribution in [1.82, 2.24) is 9.29 Å². The van der Waals surface area contributed by atoms with Gasteiger partial charge in [-0.25, -0.2) is 21.8 Å². The Kier molecular flexibility index (Phi) is 5.39. The lowest BCUT2D eigenvalue weighted by atomic mass is 10.2. The van der Waals surface area contributed by atoms with Crippen LogP contribution < -0.4 is 5.32 Å². The molecule has 0 saturated carbocycles. The first-order chi connectivity index (χ1) is 14.1. The van der Waals surface area contributed by atoms with E-state index in [2.05, 4.69) is 10.3 Å². The van der Waals surface area contributed by atoms with Crippen LogP contribution in [0.5, 0.6) is 0 Å². The Hall–Kier alpha value is -2.34. The first kappa shape index (κ1) is 20.9. The van der Waals surface area contributed by atoms with Gasteiger partial charge in [-0.2, -0.15) is 4.31 Å². The van der Waals surface area contributed by atoms with E-state index < -0.39 is 25.8 Å². The third kappa shape index (κ3) is 4.10. The molecule has 1 saturated heterocycles. The largest absolute Gasteiger partial charge is 0.298 e. The highest BCUT2D eigenvalue weighted by Gasteiger charge is 2.27. The van der Waals surface area contributed by atoms with Crippen LogP contribution in [0.2, 0.25) is 0 Å². The molecule has 11 heteroatoms. The van der Waals surface area contributed by atoms with Crippen molar-refractivity contribution in [2.24, 2.45) is 0 Å². The summed E-state index contributed by atoms with van der Waals surface area (Å²) in [6.07, 6.45) is 2.84. The molecule has 1 aliphatic rings. The topological polar surface area (TPSA) is 114 Å². The number of nitrogens with zero attached hydrogens (tertiary/aromatic N) is 2. The van der Waals surface area contributed by atoms with Gasteiger partial charge in [-0.1, -0.05) is 11.3 Å². The van der Waals surface area contributed by atoms with Gasteiger partial charge in [0.25, 0.3) is 5.91 Å². The van der Waals surface area contributed by atoms with Crippen molar-refractivity contribution in [3.8, 4) is 0 Å². The molecule has 1 fully saturated rings. The van der Waals surface area contributed by atoms with E-state index in [9.17, 15) is 21.6 Å². The summed E-state index contributed by atoms with van der Waals surface area (Å²) in [7, 11) is -6.87. The van der Waals surface area contributed by atoms with Crippen LogP contribution in [0.25, 0.3) is 10.2 Å². The van der Waals surface area contributed by atoms with Crippen LogP contribution in [0.4, 0.5) is 5.13 Å². The van der Waals surface area contributed by atoms with Crippen molar-refractivity contribution in [2.75, 3.05) is 24.7 Å². The number of thiazole rings is 1. The highest BCUT2D eigenvalue weighted by Crippen LogP contribution is 2.28. The number of fused-ring (bicyclic) bond motifs is 1. The highest BCUT2D eigenvalue weighted by molar-refractivity contribution is 7.90. The number of amides is 1. The average Bonchev–Trinajstić information content (AvgIpc) is 3.36. The molecule has 3 aromatic rings. The molecule has 1 amide bonds. The maximum absolute atomic E-state index is 12.6. The number of hydrogen-bond donors (Lipinski definition) is 1. The lowest BCUT2D eigenvalue weighted by Gasteiger charge is -2.15. The fraction of sp³-hybridized carbons (Fsp3) is 0.263. The number of hydrogen-bond acceptors (Lipinski definition) is 7. The normalized spacial score (nSPS) is 15.5. The van der Waals surface area contributed by atoms with Gasteiger partial charge >= 0.3 is 0 Å². The number of anilines is 1. The minimum atomic E-state index is -3.53. The van der Waals surface area contributed by atoms with E-state index in [0.29, 0.717) is 34.0 Å². The van der Waals surface area contributed by atoms with E-state index in [-0.39, 0.29) is 9.79 Å². The lowest BCUT2D eigenvalue weighted by molar-refractivity contribution is 0.102. The van der Waals surface area contributed by atoms with Gasteiger partial charge in [-0.15, -0.1) is 0 Å². The fourth-order valence-electron chi connectivity index (χ4n) is 3.21. The third-order valence-corrected chi connectivity index (χ3v) is 8.78. The second-order valence-corrected chi connectivity index (χ2v) is 12.0. The molecule has 2 aromatic carbocycles. The Morgan fingerprint density at radius 3 is 2.27 bits per heavy atom. The van der Waals surface area contributed by atoms with Gasteiger partial charge < -0.3 is 0 Å². The van der Waals surface area contributed by atoms with Crippen LogP contribution in [0, 0.1) is 0 Å². The monoisotopic (exact) mass is 465 g/mol. The Morgan fingerprint density at radius 1 is 1.00 bits per heavy atom. The summed E-state index contributed by atoms with van der Waals surface area (Å²) in [4.78, 5) is 17.2. The van der Waals surface area contributed by atoms with Crippen molar-refractivity contribution < 1.29 is 21.6 Å². The molecule has 2 heterocycles. The zero-order valence-corrected chi connectivity index (χ0v) is 18.5. The van der Waals surface area contributed by atoms with Gasteiger partial charge in [0.05, 0.1) is 20.0 Å². The first-order valence-electron chi connectivity index (χ1n) is 9.17. The summed E-state index contributed by atoms with van der Waals surface area (Å²) < 4.78 is 50.6. The summed E-state index contributed by atoms with van der Waals surface area (Å²) >= 11 is 1.16. The van der Waals surface area contributed by atoms with Crippen LogP contribution in [0.1, 0.15) is 23.2 Å². The Labute approximate surface area is 178 Å². The minimum Gasteiger partial charge on any atom is -0.298 e. The van der Waals surface area contributed by atoms with Gasteiger partial charge in [0, 0.05) is 24.9 Å². The van der Waals surface area contributed by atoms with E-state index in [1.807, 2.05) is 0 Å². The molecule has 158 valence electrons. The molecular weight excluding hydrogens is 446 g/mol. The Bertz CT molecular complexity index is 1320. The van der Waals surface area contributed by atoms with Crippen molar-refractivity contribution in [3.63, 3.8) is 0 Å². The van der Waals surface area contributed by atoms with Crippen molar-refractivity contribution in [3.05, 3.63) is 48.0 Å². The van der Waals surface area contributed by atoms with Crippen LogP contribution in [-0.4, -0.2) is 51.4 Å². The van der Waals surface area contributed by atoms with Crippen molar-refractivity contribution in [1.29, 1.82) is 0 Å². The fourth-order valence-corrected chi connectivity index (χ4v) is 6.35. The van der Waals surface area contributed by atoms with E-state index in [1.165, 1.54) is 40.7 Å². The number of aromatic nitrogens is 1. The van der Waals surface area contributed by atoms with Gasteiger partial charge in [-0.05, 0) is 55.3 Å². The Morgan fingerprint density at radius 2 is 1.63 bits per heavy atom. The van der Waals surface area contributed by atoms with Crippen LogP contribution in [-0.2, 0) is 19.9 Å². The number of benzene rings is 2. The first-order valence-corrected chi connectivity index (χ1v) is 13.3. The van der Waals surface area contributed by atoms with Gasteiger partial charge in [-0.3, -0.25) is 10.1 Å². The maximum atomic E-state index is 12.6. The third-order valence-electron chi connectivity index (χ3n) is 4.83. The molecule has 1 aliphatic heterocycles. The van der Waals surface area contributed by atoms with Crippen molar-refractivity contribution >= 4 is 52.5 Å². The SMILES string of the molecule is CS(=O)(=O)c1ccc2nc(NC(=O)c3ccc(S(=O)(=O)N4CCCC4)cc3)sc2c1. The second kappa shape index (κ2) is 7.73. The zero-order chi connectivity index (χ0) is 21.5. The number of sulfonamides is 1. The molecular formula is C19H19N3O5S3. The number of rotatable bonds is 5. The molecule has 30 heavy (non-hydrogen) atoms. The average molecular weight is 466 g/mol. The molecule has 4 rings (SSSR count). The number of nitrogens with one attached hydrogen (secondary N) is 1. The van der Waals surface area contributed by atoms with E-state index in [0.717, 1.165) is 30.4 Å². The molecule has 0 radical (unpaired) electrons. The predicted octanol–water partition coefficient (Wildman–Crippen LogP) is 2.74. The molecule has 1 N–H and O–H groups in total. The molecule has 0 unspecified atom stereocenters. The smallest absolute Gasteiger partial charge is 0.257 e. The van der Waals surface area contributed by atoms with Gasteiger partial charge in [0.1, 0.15) is 0 Å². The van der Waals surface area contributed by atoms with E-state index in [1.54, 1.807) is 6.07 Å². The quantitative estimate of drug-likeness (QED) is 0.620. The van der Waals surface area contributed by atoms with Crippen LogP contribution in [0.15, 0.2) is 52.3 Å². The summed E-state index contributed by atoms with van der Waals surface area (Å²) in [5.41, 5.74) is 0.876. The molecule has 8 nitrogen and oxygen atoms in total. The van der Waals surface area contributed by atoms with Gasteiger partial charge in [0.2, 0.25) is 10.0 Å². The molecule has 0 bridgehead atoms. The summed E-state index contributed by atoms with van der Waals surface area (Å²) in [6, 6.07) is 10.4.